The maximum absolute atomic E-state index is 11.6. The summed E-state index contributed by atoms with van der Waals surface area (Å²) in [4.78, 5) is 16.0. The number of halogens is 2. The second-order valence-corrected chi connectivity index (χ2v) is 5.91. The molecule has 21 heavy (non-hydrogen) atoms. The van der Waals surface area contributed by atoms with Gasteiger partial charge in [-0.2, -0.15) is 0 Å². The summed E-state index contributed by atoms with van der Waals surface area (Å²) in [6.07, 6.45) is 3.56. The van der Waals surface area contributed by atoms with Crippen molar-refractivity contribution in [3.63, 3.8) is 0 Å². The van der Waals surface area contributed by atoms with Gasteiger partial charge in [-0.05, 0) is 25.3 Å². The van der Waals surface area contributed by atoms with Crippen LogP contribution in [0.3, 0.4) is 0 Å². The predicted molar refractivity (Wildman–Crippen MR) is 87.3 cm³/mol. The standard InChI is InChI=1S/C14H20Cl2N4O/c1-2-6-17-13-10(15)8-11(16)14(20-13)18-7-5-12(21)19-9-3-4-9/h8-9H,2-7H2,1H3,(H,19,21)(H2,17,18,20). The maximum Gasteiger partial charge on any atom is 0.221 e. The highest BCUT2D eigenvalue weighted by molar-refractivity contribution is 6.37. The van der Waals surface area contributed by atoms with E-state index < -0.39 is 0 Å². The molecule has 0 bridgehead atoms. The lowest BCUT2D eigenvalue weighted by Gasteiger charge is -2.12. The maximum atomic E-state index is 11.6. The van der Waals surface area contributed by atoms with E-state index in [4.69, 9.17) is 23.2 Å². The summed E-state index contributed by atoms with van der Waals surface area (Å²) < 4.78 is 0. The van der Waals surface area contributed by atoms with Crippen LogP contribution in [0, 0.1) is 0 Å². The summed E-state index contributed by atoms with van der Waals surface area (Å²) in [5.74, 6) is 1.20. The highest BCUT2D eigenvalue weighted by Crippen LogP contribution is 2.29. The zero-order chi connectivity index (χ0) is 15.2. The van der Waals surface area contributed by atoms with Gasteiger partial charge >= 0.3 is 0 Å². The highest BCUT2D eigenvalue weighted by Gasteiger charge is 2.22. The largest absolute Gasteiger partial charge is 0.369 e. The van der Waals surface area contributed by atoms with Gasteiger partial charge in [-0.1, -0.05) is 30.1 Å². The van der Waals surface area contributed by atoms with E-state index in [9.17, 15) is 4.79 Å². The lowest BCUT2D eigenvalue weighted by atomic mass is 10.3. The van der Waals surface area contributed by atoms with Gasteiger partial charge in [0.15, 0.2) is 0 Å². The third-order valence-corrected chi connectivity index (χ3v) is 3.64. The molecule has 1 aromatic heterocycles. The Morgan fingerprint density at radius 2 is 1.86 bits per heavy atom. The van der Waals surface area contributed by atoms with Gasteiger partial charge in [0.25, 0.3) is 0 Å². The van der Waals surface area contributed by atoms with Crippen molar-refractivity contribution in [1.29, 1.82) is 0 Å². The van der Waals surface area contributed by atoms with E-state index in [0.29, 0.717) is 40.7 Å². The van der Waals surface area contributed by atoms with Crippen LogP contribution < -0.4 is 16.0 Å². The van der Waals surface area contributed by atoms with E-state index >= 15 is 0 Å². The number of nitrogens with zero attached hydrogens (tertiary/aromatic N) is 1. The van der Waals surface area contributed by atoms with Gasteiger partial charge in [-0.15, -0.1) is 0 Å². The Bertz CT molecular complexity index is 506. The molecular weight excluding hydrogens is 311 g/mol. The van der Waals surface area contributed by atoms with Gasteiger partial charge in [0.1, 0.15) is 11.6 Å². The van der Waals surface area contributed by atoms with Crippen LogP contribution in [0.4, 0.5) is 11.6 Å². The van der Waals surface area contributed by atoms with Crippen LogP contribution >= 0.6 is 23.2 Å². The molecule has 1 aliphatic carbocycles. The van der Waals surface area contributed by atoms with Gasteiger partial charge in [0.05, 0.1) is 10.0 Å². The van der Waals surface area contributed by atoms with E-state index in [2.05, 4.69) is 27.9 Å². The molecule has 1 saturated carbocycles. The topological polar surface area (TPSA) is 66.0 Å². The first kappa shape index (κ1) is 16.2. The monoisotopic (exact) mass is 330 g/mol. The van der Waals surface area contributed by atoms with Crippen molar-refractivity contribution in [2.75, 3.05) is 23.7 Å². The van der Waals surface area contributed by atoms with E-state index in [1.807, 2.05) is 0 Å². The Morgan fingerprint density at radius 1 is 1.24 bits per heavy atom. The first-order valence-corrected chi connectivity index (χ1v) is 7.99. The van der Waals surface area contributed by atoms with E-state index in [0.717, 1.165) is 25.8 Å². The van der Waals surface area contributed by atoms with Crippen LogP contribution in [-0.2, 0) is 4.79 Å². The molecule has 0 saturated heterocycles. The lowest BCUT2D eigenvalue weighted by Crippen LogP contribution is -2.27. The number of aromatic nitrogens is 1. The van der Waals surface area contributed by atoms with Crippen molar-refractivity contribution in [1.82, 2.24) is 10.3 Å². The number of carbonyl (C=O) groups is 1. The van der Waals surface area contributed by atoms with Gasteiger partial charge < -0.3 is 16.0 Å². The van der Waals surface area contributed by atoms with Gasteiger partial charge in [-0.25, -0.2) is 4.98 Å². The number of amides is 1. The fourth-order valence-electron chi connectivity index (χ4n) is 1.78. The van der Waals surface area contributed by atoms with Gasteiger partial charge in [-0.3, -0.25) is 4.79 Å². The van der Waals surface area contributed by atoms with E-state index in [1.54, 1.807) is 6.07 Å². The Labute approximate surface area is 134 Å². The van der Waals surface area contributed by atoms with Gasteiger partial charge in [0, 0.05) is 25.6 Å². The average molecular weight is 331 g/mol. The number of nitrogens with one attached hydrogen (secondary N) is 3. The van der Waals surface area contributed by atoms with Crippen molar-refractivity contribution < 1.29 is 4.79 Å². The smallest absolute Gasteiger partial charge is 0.221 e. The molecule has 5 nitrogen and oxygen atoms in total. The number of rotatable bonds is 8. The first-order chi connectivity index (χ1) is 10.1. The summed E-state index contributed by atoms with van der Waals surface area (Å²) in [6, 6.07) is 2.04. The molecule has 0 unspecified atom stereocenters. The number of anilines is 2. The Kier molecular flexibility index (Phi) is 5.94. The third-order valence-electron chi connectivity index (χ3n) is 3.06. The molecule has 1 heterocycles. The minimum absolute atomic E-state index is 0.0550. The number of carbonyl (C=O) groups excluding carboxylic acids is 1. The second-order valence-electron chi connectivity index (χ2n) is 5.09. The molecule has 1 amide bonds. The van der Waals surface area contributed by atoms with Crippen LogP contribution in [0.25, 0.3) is 0 Å². The quantitative estimate of drug-likeness (QED) is 0.684. The molecule has 7 heteroatoms. The minimum Gasteiger partial charge on any atom is -0.369 e. The molecule has 0 aliphatic heterocycles. The Balaban J connectivity index is 1.87. The number of hydrogen-bond acceptors (Lipinski definition) is 4. The molecule has 0 radical (unpaired) electrons. The van der Waals surface area contributed by atoms with E-state index in [-0.39, 0.29) is 5.91 Å². The second kappa shape index (κ2) is 7.71. The van der Waals surface area contributed by atoms with Crippen LogP contribution in [0.2, 0.25) is 10.0 Å². The Hall–Kier alpha value is -1.20. The Morgan fingerprint density at radius 3 is 2.43 bits per heavy atom. The lowest BCUT2D eigenvalue weighted by molar-refractivity contribution is -0.120. The first-order valence-electron chi connectivity index (χ1n) is 7.23. The van der Waals surface area contributed by atoms with Crippen molar-refractivity contribution in [2.24, 2.45) is 0 Å². The fraction of sp³-hybridized carbons (Fsp3) is 0.571. The summed E-state index contributed by atoms with van der Waals surface area (Å²) in [5, 5.41) is 10.1. The van der Waals surface area contributed by atoms with Crippen LogP contribution in [0.5, 0.6) is 0 Å². The summed E-state index contributed by atoms with van der Waals surface area (Å²) >= 11 is 12.2. The van der Waals surface area contributed by atoms with Crippen molar-refractivity contribution in [2.45, 2.75) is 38.6 Å². The summed E-state index contributed by atoms with van der Waals surface area (Å²) in [7, 11) is 0. The third kappa shape index (κ3) is 5.25. The zero-order valence-electron chi connectivity index (χ0n) is 12.0. The molecule has 116 valence electrons. The fourth-order valence-corrected chi connectivity index (χ4v) is 2.27. The van der Waals surface area contributed by atoms with Crippen LogP contribution in [0.15, 0.2) is 6.07 Å². The summed E-state index contributed by atoms with van der Waals surface area (Å²) in [5.41, 5.74) is 0. The van der Waals surface area contributed by atoms with E-state index in [1.165, 1.54) is 0 Å². The predicted octanol–water partition coefficient (Wildman–Crippen LogP) is 3.29. The molecular formula is C14H20Cl2N4O. The average Bonchev–Trinajstić information content (AvgIpc) is 3.24. The summed E-state index contributed by atoms with van der Waals surface area (Å²) in [6.45, 7) is 3.34. The number of pyridine rings is 1. The zero-order valence-corrected chi connectivity index (χ0v) is 13.5. The molecule has 1 aromatic rings. The van der Waals surface area contributed by atoms with Crippen molar-refractivity contribution in [3.8, 4) is 0 Å². The number of hydrogen-bond donors (Lipinski definition) is 3. The molecule has 3 N–H and O–H groups in total. The highest BCUT2D eigenvalue weighted by atomic mass is 35.5. The van der Waals surface area contributed by atoms with Crippen LogP contribution in [-0.4, -0.2) is 30.0 Å². The van der Waals surface area contributed by atoms with Gasteiger partial charge in [0.2, 0.25) is 5.91 Å². The molecule has 2 rings (SSSR count). The molecule has 0 aromatic carbocycles. The van der Waals surface area contributed by atoms with Crippen molar-refractivity contribution >= 4 is 40.7 Å². The minimum atomic E-state index is 0.0550. The normalized spacial score (nSPS) is 13.9. The molecule has 1 aliphatic rings. The SMILES string of the molecule is CCCNc1nc(NCCC(=O)NC2CC2)c(Cl)cc1Cl. The molecule has 0 atom stereocenters. The molecule has 1 fully saturated rings. The van der Waals surface area contributed by atoms with Crippen molar-refractivity contribution in [3.05, 3.63) is 16.1 Å². The molecule has 0 spiro atoms. The van der Waals surface area contributed by atoms with Crippen LogP contribution in [0.1, 0.15) is 32.6 Å².